The van der Waals surface area contributed by atoms with E-state index < -0.39 is 6.10 Å². The minimum atomic E-state index is -0.792. The summed E-state index contributed by atoms with van der Waals surface area (Å²) in [6.07, 6.45) is 54.9. The SMILES string of the molecule is CC/C=C\C/C=C\C/C=C\CCCCCCC(=O)OCC(COC(=O)CCCCCCC/C=C\CCCC)OC(=O)CCCCC/C=C\CCCCCCCCC. The molecule has 0 N–H and O–H groups in total. The quantitative estimate of drug-likeness (QED) is 0.0265. The summed E-state index contributed by atoms with van der Waals surface area (Å²) < 4.78 is 16.7. The molecule has 0 radical (unpaired) electrons. The normalized spacial score (nSPS) is 12.5. The van der Waals surface area contributed by atoms with Gasteiger partial charge in [-0.05, 0) is 96.3 Å². The molecule has 6 nitrogen and oxygen atoms in total. The lowest BCUT2D eigenvalue weighted by molar-refractivity contribution is -0.167. The third kappa shape index (κ3) is 44.1. The summed E-state index contributed by atoms with van der Waals surface area (Å²) in [7, 11) is 0. The Hall–Kier alpha value is -2.89. The van der Waals surface area contributed by atoms with Crippen molar-refractivity contribution in [1.29, 1.82) is 0 Å². The van der Waals surface area contributed by atoms with Crippen LogP contribution < -0.4 is 0 Å². The lowest BCUT2D eigenvalue weighted by atomic mass is 10.1. The molecule has 328 valence electrons. The van der Waals surface area contributed by atoms with E-state index in [0.717, 1.165) is 109 Å². The summed E-state index contributed by atoms with van der Waals surface area (Å²) in [5, 5.41) is 0. The predicted octanol–water partition coefficient (Wildman–Crippen LogP) is 15.3. The first-order valence-corrected chi connectivity index (χ1v) is 23.8. The van der Waals surface area contributed by atoms with Gasteiger partial charge in [-0.3, -0.25) is 14.4 Å². The number of carbonyl (C=O) groups is 3. The summed E-state index contributed by atoms with van der Waals surface area (Å²) in [6.45, 7) is 6.43. The van der Waals surface area contributed by atoms with Crippen molar-refractivity contribution >= 4 is 17.9 Å². The number of ether oxygens (including phenoxy) is 3. The minimum absolute atomic E-state index is 0.0923. The van der Waals surface area contributed by atoms with Gasteiger partial charge < -0.3 is 14.2 Å². The van der Waals surface area contributed by atoms with Crippen molar-refractivity contribution in [2.24, 2.45) is 0 Å². The molecule has 0 aromatic carbocycles. The summed E-state index contributed by atoms with van der Waals surface area (Å²) in [6, 6.07) is 0. The topological polar surface area (TPSA) is 78.9 Å². The van der Waals surface area contributed by atoms with Crippen LogP contribution in [-0.4, -0.2) is 37.2 Å². The van der Waals surface area contributed by atoms with Crippen LogP contribution in [0, 0.1) is 0 Å². The van der Waals surface area contributed by atoms with Gasteiger partial charge in [-0.25, -0.2) is 0 Å². The van der Waals surface area contributed by atoms with E-state index in [1.54, 1.807) is 0 Å². The van der Waals surface area contributed by atoms with Crippen molar-refractivity contribution < 1.29 is 28.6 Å². The number of hydrogen-bond acceptors (Lipinski definition) is 6. The third-order valence-electron chi connectivity index (χ3n) is 9.98. The number of hydrogen-bond donors (Lipinski definition) is 0. The molecule has 57 heavy (non-hydrogen) atoms. The van der Waals surface area contributed by atoms with E-state index >= 15 is 0 Å². The fraction of sp³-hybridized carbons (Fsp3) is 0.745. The van der Waals surface area contributed by atoms with Crippen molar-refractivity contribution in [3.63, 3.8) is 0 Å². The summed E-state index contributed by atoms with van der Waals surface area (Å²) in [5.41, 5.74) is 0. The molecule has 0 rings (SSSR count). The second-order valence-electron chi connectivity index (χ2n) is 15.6. The Morgan fingerprint density at radius 1 is 0.368 bits per heavy atom. The van der Waals surface area contributed by atoms with Crippen molar-refractivity contribution in [2.75, 3.05) is 13.2 Å². The zero-order valence-corrected chi connectivity index (χ0v) is 37.3. The molecule has 0 aromatic heterocycles. The second kappa shape index (κ2) is 45.8. The summed E-state index contributed by atoms with van der Waals surface area (Å²) >= 11 is 0. The van der Waals surface area contributed by atoms with E-state index in [2.05, 4.69) is 81.5 Å². The molecule has 0 bridgehead atoms. The Labute approximate surface area is 351 Å². The van der Waals surface area contributed by atoms with Crippen LogP contribution in [0.5, 0.6) is 0 Å². The molecule has 0 saturated heterocycles. The first-order valence-electron chi connectivity index (χ1n) is 23.8. The molecule has 0 heterocycles. The van der Waals surface area contributed by atoms with Crippen molar-refractivity contribution in [3.8, 4) is 0 Å². The van der Waals surface area contributed by atoms with Crippen LogP contribution in [0.3, 0.4) is 0 Å². The largest absolute Gasteiger partial charge is 0.462 e. The fourth-order valence-corrected chi connectivity index (χ4v) is 6.37. The molecule has 1 atom stereocenters. The molecular weight excluding hydrogens is 709 g/mol. The van der Waals surface area contributed by atoms with Gasteiger partial charge in [-0.2, -0.15) is 0 Å². The van der Waals surface area contributed by atoms with Gasteiger partial charge in [0.2, 0.25) is 0 Å². The Kier molecular flexibility index (Phi) is 43.5. The standard InChI is InChI=1S/C51H88O6/c1-4-7-10-13-16-19-22-24-26-29-32-35-38-41-44-50(53)56-47-48(46-55-49(52)43-40-37-34-31-28-21-18-15-12-9-6-3)57-51(54)45-42-39-36-33-30-27-25-23-20-17-14-11-8-5-2/h7,10,15-16,18-19,24,26-27,30,48H,4-6,8-9,11-14,17,20-23,25,28-29,31-47H2,1-3H3/b10-7-,18-15-,19-16-,26-24-,30-27-. The first-order chi connectivity index (χ1) is 28.0. The molecule has 0 aliphatic carbocycles. The molecule has 6 heteroatoms. The number of allylic oxidation sites excluding steroid dienone is 10. The highest BCUT2D eigenvalue weighted by atomic mass is 16.6. The maximum atomic E-state index is 12.7. The second-order valence-corrected chi connectivity index (χ2v) is 15.6. The molecule has 1 unspecified atom stereocenters. The van der Waals surface area contributed by atoms with Crippen LogP contribution in [0.4, 0.5) is 0 Å². The summed E-state index contributed by atoms with van der Waals surface area (Å²) in [4.78, 5) is 37.8. The van der Waals surface area contributed by atoms with Crippen LogP contribution in [-0.2, 0) is 28.6 Å². The molecular formula is C51H88O6. The number of unbranched alkanes of at least 4 members (excludes halogenated alkanes) is 21. The van der Waals surface area contributed by atoms with Crippen LogP contribution in [0.15, 0.2) is 60.8 Å². The van der Waals surface area contributed by atoms with Gasteiger partial charge >= 0.3 is 17.9 Å². The zero-order chi connectivity index (χ0) is 41.5. The Bertz CT molecular complexity index is 1050. The highest BCUT2D eigenvalue weighted by molar-refractivity contribution is 5.71. The van der Waals surface area contributed by atoms with Crippen molar-refractivity contribution in [1.82, 2.24) is 0 Å². The van der Waals surface area contributed by atoms with E-state index in [1.807, 2.05) is 0 Å². The van der Waals surface area contributed by atoms with E-state index in [1.165, 1.54) is 77.0 Å². The van der Waals surface area contributed by atoms with Gasteiger partial charge in [0, 0.05) is 19.3 Å². The molecule has 0 aliphatic rings. The Morgan fingerprint density at radius 2 is 0.702 bits per heavy atom. The average molecular weight is 797 g/mol. The molecule has 0 amide bonds. The van der Waals surface area contributed by atoms with Crippen molar-refractivity contribution in [3.05, 3.63) is 60.8 Å². The van der Waals surface area contributed by atoms with E-state index in [-0.39, 0.29) is 31.1 Å². The van der Waals surface area contributed by atoms with Crippen molar-refractivity contribution in [2.45, 2.75) is 232 Å². The molecule has 0 aliphatic heterocycles. The zero-order valence-electron chi connectivity index (χ0n) is 37.3. The minimum Gasteiger partial charge on any atom is -0.462 e. The first kappa shape index (κ1) is 54.1. The Balaban J connectivity index is 4.45. The van der Waals surface area contributed by atoms with E-state index in [0.29, 0.717) is 19.3 Å². The lowest BCUT2D eigenvalue weighted by Gasteiger charge is -2.18. The summed E-state index contributed by atoms with van der Waals surface area (Å²) in [5.74, 6) is -0.942. The number of carbonyl (C=O) groups excluding carboxylic acids is 3. The molecule has 0 aromatic rings. The fourth-order valence-electron chi connectivity index (χ4n) is 6.37. The van der Waals surface area contributed by atoms with Gasteiger partial charge in [0.05, 0.1) is 0 Å². The van der Waals surface area contributed by atoms with E-state index in [4.69, 9.17) is 14.2 Å². The van der Waals surface area contributed by atoms with Crippen LogP contribution in [0.2, 0.25) is 0 Å². The van der Waals surface area contributed by atoms with Gasteiger partial charge in [0.25, 0.3) is 0 Å². The van der Waals surface area contributed by atoms with Gasteiger partial charge in [0.1, 0.15) is 13.2 Å². The predicted molar refractivity (Wildman–Crippen MR) is 242 cm³/mol. The number of esters is 3. The van der Waals surface area contributed by atoms with E-state index in [9.17, 15) is 14.4 Å². The number of rotatable bonds is 42. The molecule has 0 spiro atoms. The lowest BCUT2D eigenvalue weighted by Crippen LogP contribution is -2.30. The average Bonchev–Trinajstić information content (AvgIpc) is 3.21. The van der Waals surface area contributed by atoms with Crippen LogP contribution in [0.25, 0.3) is 0 Å². The third-order valence-corrected chi connectivity index (χ3v) is 9.98. The van der Waals surface area contributed by atoms with Gasteiger partial charge in [-0.15, -0.1) is 0 Å². The molecule has 0 fully saturated rings. The maximum Gasteiger partial charge on any atom is 0.306 e. The highest BCUT2D eigenvalue weighted by Crippen LogP contribution is 2.13. The molecule has 0 saturated carbocycles. The van der Waals surface area contributed by atoms with Crippen LogP contribution >= 0.6 is 0 Å². The maximum absolute atomic E-state index is 12.7. The van der Waals surface area contributed by atoms with Gasteiger partial charge in [-0.1, -0.05) is 171 Å². The Morgan fingerprint density at radius 3 is 1.16 bits per heavy atom. The highest BCUT2D eigenvalue weighted by Gasteiger charge is 2.19. The monoisotopic (exact) mass is 797 g/mol. The van der Waals surface area contributed by atoms with Gasteiger partial charge in [0.15, 0.2) is 6.10 Å². The smallest absolute Gasteiger partial charge is 0.306 e. The van der Waals surface area contributed by atoms with Crippen LogP contribution in [0.1, 0.15) is 226 Å².